The van der Waals surface area contributed by atoms with Crippen LogP contribution in [0, 0.1) is 5.92 Å². The van der Waals surface area contributed by atoms with E-state index in [4.69, 9.17) is 4.98 Å². The van der Waals surface area contributed by atoms with E-state index in [0.29, 0.717) is 0 Å². The highest BCUT2D eigenvalue weighted by atomic mass is 16.3. The molecule has 1 aromatic carbocycles. The first kappa shape index (κ1) is 14.6. The average molecular weight is 286 g/mol. The third-order valence-corrected chi connectivity index (χ3v) is 4.71. The van der Waals surface area contributed by atoms with Gasteiger partial charge in [-0.25, -0.2) is 4.98 Å². The molecule has 1 unspecified atom stereocenters. The molecule has 1 saturated carbocycles. The van der Waals surface area contributed by atoms with Gasteiger partial charge in [0.25, 0.3) is 0 Å². The van der Waals surface area contributed by atoms with Crippen molar-refractivity contribution in [2.24, 2.45) is 5.92 Å². The number of aromatic nitrogens is 2. The molecule has 2 aromatic rings. The minimum Gasteiger partial charge on any atom is -0.385 e. The summed E-state index contributed by atoms with van der Waals surface area (Å²) in [6.45, 7) is 3.12. The first-order valence-corrected chi connectivity index (χ1v) is 8.42. The lowest BCUT2D eigenvalue weighted by Crippen LogP contribution is -2.17. The lowest BCUT2D eigenvalue weighted by molar-refractivity contribution is 0.150. The number of rotatable bonds is 5. The van der Waals surface area contributed by atoms with Crippen LogP contribution in [0.15, 0.2) is 24.3 Å². The quantitative estimate of drug-likeness (QED) is 0.881. The molecule has 0 aliphatic heterocycles. The van der Waals surface area contributed by atoms with E-state index in [1.165, 1.54) is 37.6 Å². The van der Waals surface area contributed by atoms with Gasteiger partial charge in [0.1, 0.15) is 11.9 Å². The van der Waals surface area contributed by atoms with Crippen LogP contribution in [-0.2, 0) is 6.54 Å². The molecular formula is C18H26N2O. The molecule has 21 heavy (non-hydrogen) atoms. The van der Waals surface area contributed by atoms with E-state index in [2.05, 4.69) is 29.7 Å². The number of fused-ring (bicyclic) bond motifs is 1. The van der Waals surface area contributed by atoms with Crippen LogP contribution in [0.1, 0.15) is 63.8 Å². The molecule has 3 rings (SSSR count). The Labute approximate surface area is 127 Å². The van der Waals surface area contributed by atoms with Crippen LogP contribution < -0.4 is 0 Å². The second-order valence-corrected chi connectivity index (χ2v) is 6.38. The topological polar surface area (TPSA) is 38.1 Å². The van der Waals surface area contributed by atoms with Gasteiger partial charge in [0.15, 0.2) is 0 Å². The van der Waals surface area contributed by atoms with E-state index in [9.17, 15) is 5.11 Å². The van der Waals surface area contributed by atoms with E-state index >= 15 is 0 Å². The predicted molar refractivity (Wildman–Crippen MR) is 86.2 cm³/mol. The van der Waals surface area contributed by atoms with Gasteiger partial charge >= 0.3 is 0 Å². The van der Waals surface area contributed by atoms with Gasteiger partial charge in [-0.05, 0) is 37.3 Å². The Morgan fingerprint density at radius 2 is 2.00 bits per heavy atom. The smallest absolute Gasteiger partial charge is 0.138 e. The van der Waals surface area contributed by atoms with Crippen molar-refractivity contribution in [1.82, 2.24) is 9.55 Å². The third-order valence-electron chi connectivity index (χ3n) is 4.71. The first-order chi connectivity index (χ1) is 10.3. The zero-order valence-electron chi connectivity index (χ0n) is 13.0. The fourth-order valence-electron chi connectivity index (χ4n) is 3.57. The molecule has 3 nitrogen and oxygen atoms in total. The number of aliphatic hydroxyl groups excluding tert-OH is 1. The summed E-state index contributed by atoms with van der Waals surface area (Å²) in [4.78, 5) is 4.71. The Morgan fingerprint density at radius 3 is 2.76 bits per heavy atom. The van der Waals surface area contributed by atoms with Crippen molar-refractivity contribution in [3.63, 3.8) is 0 Å². The van der Waals surface area contributed by atoms with Crippen molar-refractivity contribution in [2.75, 3.05) is 0 Å². The molecule has 0 spiro atoms. The molecule has 1 aromatic heterocycles. The molecule has 0 saturated heterocycles. The van der Waals surface area contributed by atoms with E-state index in [1.807, 2.05) is 6.07 Å². The Kier molecular flexibility index (Phi) is 4.59. The predicted octanol–water partition coefficient (Wildman–Crippen LogP) is 4.45. The summed E-state index contributed by atoms with van der Waals surface area (Å²) in [5.41, 5.74) is 2.19. The monoisotopic (exact) mass is 286 g/mol. The van der Waals surface area contributed by atoms with E-state index in [0.717, 1.165) is 36.6 Å². The summed E-state index contributed by atoms with van der Waals surface area (Å²) < 4.78 is 2.28. The molecule has 1 fully saturated rings. The van der Waals surface area contributed by atoms with Crippen LogP contribution in [0.2, 0.25) is 0 Å². The third kappa shape index (κ3) is 3.13. The van der Waals surface area contributed by atoms with Gasteiger partial charge in [0.05, 0.1) is 11.0 Å². The summed E-state index contributed by atoms with van der Waals surface area (Å²) >= 11 is 0. The summed E-state index contributed by atoms with van der Waals surface area (Å²) in [5.74, 6) is 1.60. The minimum absolute atomic E-state index is 0.439. The summed E-state index contributed by atoms with van der Waals surface area (Å²) in [6, 6.07) is 8.27. The van der Waals surface area contributed by atoms with Gasteiger partial charge in [-0.3, -0.25) is 0 Å². The molecule has 1 N–H and O–H groups in total. The van der Waals surface area contributed by atoms with E-state index < -0.39 is 6.10 Å². The minimum atomic E-state index is -0.439. The normalized spacial score (nSPS) is 18.2. The zero-order chi connectivity index (χ0) is 14.7. The summed E-state index contributed by atoms with van der Waals surface area (Å²) in [6.07, 6.45) is 8.04. The second-order valence-electron chi connectivity index (χ2n) is 6.38. The fourth-order valence-corrected chi connectivity index (χ4v) is 3.57. The van der Waals surface area contributed by atoms with Crippen LogP contribution in [0.4, 0.5) is 0 Å². The van der Waals surface area contributed by atoms with Crippen molar-refractivity contribution >= 4 is 11.0 Å². The Balaban J connectivity index is 1.94. The number of aliphatic hydroxyl groups is 1. The fraction of sp³-hybridized carbons (Fsp3) is 0.611. The van der Waals surface area contributed by atoms with E-state index in [1.54, 1.807) is 0 Å². The largest absolute Gasteiger partial charge is 0.385 e. The molecule has 1 atom stereocenters. The highest BCUT2D eigenvalue weighted by molar-refractivity contribution is 5.76. The van der Waals surface area contributed by atoms with Crippen LogP contribution >= 0.6 is 0 Å². The van der Waals surface area contributed by atoms with Gasteiger partial charge in [-0.1, -0.05) is 44.7 Å². The van der Waals surface area contributed by atoms with Crippen molar-refractivity contribution in [1.29, 1.82) is 0 Å². The molecular weight excluding hydrogens is 260 g/mol. The Hall–Kier alpha value is -1.35. The molecule has 0 bridgehead atoms. The van der Waals surface area contributed by atoms with Crippen LogP contribution in [0.5, 0.6) is 0 Å². The zero-order valence-corrected chi connectivity index (χ0v) is 13.0. The number of hydrogen-bond acceptors (Lipinski definition) is 2. The molecule has 0 amide bonds. The lowest BCUT2D eigenvalue weighted by atomic mass is 9.89. The number of para-hydroxylation sites is 2. The lowest BCUT2D eigenvalue weighted by Gasteiger charge is -2.24. The molecule has 0 radical (unpaired) electrons. The maximum absolute atomic E-state index is 10.4. The maximum atomic E-state index is 10.4. The van der Waals surface area contributed by atoms with E-state index in [-0.39, 0.29) is 0 Å². The Morgan fingerprint density at radius 1 is 1.24 bits per heavy atom. The summed E-state index contributed by atoms with van der Waals surface area (Å²) in [7, 11) is 0. The van der Waals surface area contributed by atoms with Crippen molar-refractivity contribution < 1.29 is 5.11 Å². The highest BCUT2D eigenvalue weighted by Crippen LogP contribution is 2.29. The number of hydrogen-bond donors (Lipinski definition) is 1. The van der Waals surface area contributed by atoms with Crippen molar-refractivity contribution in [3.05, 3.63) is 30.1 Å². The highest BCUT2D eigenvalue weighted by Gasteiger charge is 2.21. The van der Waals surface area contributed by atoms with Gasteiger partial charge in [-0.15, -0.1) is 0 Å². The molecule has 1 heterocycles. The Bertz CT molecular complexity index is 584. The number of benzene rings is 1. The average Bonchev–Trinajstić information content (AvgIpc) is 2.88. The van der Waals surface area contributed by atoms with Crippen molar-refractivity contribution in [3.8, 4) is 0 Å². The van der Waals surface area contributed by atoms with Gasteiger partial charge in [0, 0.05) is 6.54 Å². The van der Waals surface area contributed by atoms with Gasteiger partial charge in [-0.2, -0.15) is 0 Å². The second kappa shape index (κ2) is 6.61. The summed E-state index contributed by atoms with van der Waals surface area (Å²) in [5, 5.41) is 10.4. The van der Waals surface area contributed by atoms with Crippen molar-refractivity contribution in [2.45, 2.75) is 64.5 Å². The van der Waals surface area contributed by atoms with Gasteiger partial charge < -0.3 is 9.67 Å². The molecule has 1 aliphatic carbocycles. The molecule has 3 heteroatoms. The number of imidazole rings is 1. The maximum Gasteiger partial charge on any atom is 0.138 e. The number of nitrogens with zero attached hydrogens (tertiary/aromatic N) is 2. The SMILES string of the molecule is CCCC(O)c1nc2ccccc2n1CC1CCCCC1. The van der Waals surface area contributed by atoms with Crippen LogP contribution in [0.3, 0.4) is 0 Å². The van der Waals surface area contributed by atoms with Crippen LogP contribution in [-0.4, -0.2) is 14.7 Å². The molecule has 1 aliphatic rings. The standard InChI is InChI=1S/C18H26N2O/c1-2-8-17(21)18-19-15-11-6-7-12-16(15)20(18)13-14-9-4-3-5-10-14/h6-7,11-12,14,17,21H,2-5,8-10,13H2,1H3. The van der Waals surface area contributed by atoms with Crippen LogP contribution in [0.25, 0.3) is 11.0 Å². The van der Waals surface area contributed by atoms with Gasteiger partial charge in [0.2, 0.25) is 0 Å². The first-order valence-electron chi connectivity index (χ1n) is 8.42. The molecule has 114 valence electrons.